The molecule has 4 nitrogen and oxygen atoms in total. The molecule has 0 fully saturated rings. The Kier molecular flexibility index (Phi) is 23.4. The van der Waals surface area contributed by atoms with E-state index >= 15 is 0 Å². The fraction of sp³-hybridized carbons (Fsp3) is 0. The standard InChI is InChI=1S/ClH.Cu.Mn.H2O4S/c;;;1-5(2,3)4/h1H;;;(H2,1,2,3,4)/q;2*+2;/p-3. The van der Waals surface area contributed by atoms with Crippen LogP contribution in [0, 0.1) is 0 Å². The van der Waals surface area contributed by atoms with E-state index in [9.17, 15) is 0 Å². The zero-order valence-corrected chi connectivity index (χ0v) is 6.79. The molecule has 0 aliphatic heterocycles. The van der Waals surface area contributed by atoms with Gasteiger partial charge >= 0.3 is 34.1 Å². The van der Waals surface area contributed by atoms with Crippen molar-refractivity contribution in [1.82, 2.24) is 0 Å². The molecule has 8 heavy (non-hydrogen) atoms. The van der Waals surface area contributed by atoms with Crippen molar-refractivity contribution in [3.8, 4) is 0 Å². The molecule has 0 spiro atoms. The van der Waals surface area contributed by atoms with Gasteiger partial charge in [-0.1, -0.05) is 0 Å². The summed E-state index contributed by atoms with van der Waals surface area (Å²) in [5, 5.41) is 0. The van der Waals surface area contributed by atoms with Crippen LogP contribution in [-0.4, -0.2) is 17.5 Å². The Labute approximate surface area is 74.4 Å². The fourth-order valence-corrected chi connectivity index (χ4v) is 0. The fourth-order valence-electron chi connectivity index (χ4n) is 0. The molecule has 0 rings (SSSR count). The number of rotatable bonds is 0. The summed E-state index contributed by atoms with van der Waals surface area (Å²) in [5.41, 5.74) is 0. The first-order valence-electron chi connectivity index (χ1n) is 0.667. The van der Waals surface area contributed by atoms with Gasteiger partial charge in [-0.05, 0) is 0 Å². The van der Waals surface area contributed by atoms with Crippen LogP contribution in [0.4, 0.5) is 0 Å². The molecule has 0 N–H and O–H groups in total. The van der Waals surface area contributed by atoms with Gasteiger partial charge < -0.3 is 21.5 Å². The summed E-state index contributed by atoms with van der Waals surface area (Å²) in [6, 6.07) is 0. The van der Waals surface area contributed by atoms with Crippen molar-refractivity contribution in [3.63, 3.8) is 0 Å². The first kappa shape index (κ1) is 22.9. The molecule has 0 amide bonds. The number of hydrogen-bond donors (Lipinski definition) is 0. The average Bonchev–Trinajstić information content (AvgIpc) is 0.722. The molecular formula is ClCuMnO4S+. The van der Waals surface area contributed by atoms with E-state index in [0.29, 0.717) is 0 Å². The van der Waals surface area contributed by atoms with Crippen LogP contribution in [0.3, 0.4) is 0 Å². The third-order valence-electron chi connectivity index (χ3n) is 0. The Morgan fingerprint density at radius 3 is 1.12 bits per heavy atom. The van der Waals surface area contributed by atoms with Crippen LogP contribution in [0.1, 0.15) is 0 Å². The first-order chi connectivity index (χ1) is 2.00. The van der Waals surface area contributed by atoms with Crippen LogP contribution in [0.5, 0.6) is 0 Å². The van der Waals surface area contributed by atoms with Gasteiger partial charge in [-0.25, -0.2) is 0 Å². The van der Waals surface area contributed by atoms with Crippen molar-refractivity contribution in [2.45, 2.75) is 0 Å². The molecule has 0 aromatic carbocycles. The van der Waals surface area contributed by atoms with Crippen molar-refractivity contribution in [2.75, 3.05) is 0 Å². The van der Waals surface area contributed by atoms with Crippen molar-refractivity contribution in [1.29, 1.82) is 0 Å². The van der Waals surface area contributed by atoms with E-state index in [4.69, 9.17) is 17.5 Å². The van der Waals surface area contributed by atoms with Crippen LogP contribution in [-0.2, 0) is 44.5 Å². The molecule has 0 bridgehead atoms. The Balaban J connectivity index is -0.0000000267. The van der Waals surface area contributed by atoms with Gasteiger partial charge in [0.2, 0.25) is 0 Å². The largest absolute Gasteiger partial charge is 2.00 e. The zero-order chi connectivity index (χ0) is 4.50. The molecule has 0 aromatic heterocycles. The minimum absolute atomic E-state index is 0. The van der Waals surface area contributed by atoms with E-state index in [0.717, 1.165) is 0 Å². The summed E-state index contributed by atoms with van der Waals surface area (Å²) >= 11 is 0. The van der Waals surface area contributed by atoms with Gasteiger partial charge in [0.25, 0.3) is 0 Å². The summed E-state index contributed by atoms with van der Waals surface area (Å²) in [7, 11) is -5.17. The van der Waals surface area contributed by atoms with E-state index in [1.165, 1.54) is 0 Å². The Hall–Kier alpha value is 1.20. The summed E-state index contributed by atoms with van der Waals surface area (Å²) in [6.45, 7) is 0. The summed E-state index contributed by atoms with van der Waals surface area (Å²) in [6.07, 6.45) is 0. The molecule has 0 aromatic rings. The van der Waals surface area contributed by atoms with Crippen molar-refractivity contribution in [3.05, 3.63) is 0 Å². The maximum atomic E-state index is 8.52. The monoisotopic (exact) mass is 249 g/mol. The van der Waals surface area contributed by atoms with Crippen LogP contribution in [0.25, 0.3) is 0 Å². The van der Waals surface area contributed by atoms with Crippen LogP contribution >= 0.6 is 0 Å². The molecule has 8 heteroatoms. The Morgan fingerprint density at radius 1 is 1.12 bits per heavy atom. The SMILES string of the molecule is O=S(=O)([O-])[O-].[Cl-].[Cu+2].[Mn+2]. The molecule has 0 aliphatic carbocycles. The Bertz CT molecular complexity index is 99.2. The second kappa shape index (κ2) is 8.20. The van der Waals surface area contributed by atoms with E-state index in [-0.39, 0.29) is 46.5 Å². The van der Waals surface area contributed by atoms with Gasteiger partial charge in [0.05, 0.1) is 0 Å². The Morgan fingerprint density at radius 2 is 1.12 bits per heavy atom. The maximum absolute atomic E-state index is 8.52. The maximum Gasteiger partial charge on any atom is 2.00 e. The summed E-state index contributed by atoms with van der Waals surface area (Å²) < 4.78 is 34.1. The van der Waals surface area contributed by atoms with Gasteiger partial charge in [0, 0.05) is 10.4 Å². The second-order valence-corrected chi connectivity index (χ2v) is 1.22. The predicted molar refractivity (Wildman–Crippen MR) is 10.5 cm³/mol. The van der Waals surface area contributed by atoms with Gasteiger partial charge in [0.1, 0.15) is 0 Å². The third kappa shape index (κ3) is 192. The predicted octanol–water partition coefficient (Wildman–Crippen LogP) is -4.34. The second-order valence-electron chi connectivity index (χ2n) is 0.408. The molecule has 0 heterocycles. The van der Waals surface area contributed by atoms with Gasteiger partial charge in [-0.3, -0.25) is 8.42 Å². The average molecular weight is 250 g/mol. The normalized spacial score (nSPS) is 7.25. The van der Waals surface area contributed by atoms with E-state index < -0.39 is 10.4 Å². The topological polar surface area (TPSA) is 80.3 Å². The van der Waals surface area contributed by atoms with Crippen molar-refractivity contribution >= 4 is 10.4 Å². The van der Waals surface area contributed by atoms with Gasteiger partial charge in [-0.2, -0.15) is 0 Å². The third-order valence-corrected chi connectivity index (χ3v) is 0. The van der Waals surface area contributed by atoms with Crippen LogP contribution in [0.15, 0.2) is 0 Å². The first-order valence-corrected chi connectivity index (χ1v) is 2.00. The quantitative estimate of drug-likeness (QED) is 0.247. The van der Waals surface area contributed by atoms with Gasteiger partial charge in [-0.15, -0.1) is 0 Å². The minimum atomic E-state index is -5.17. The van der Waals surface area contributed by atoms with Crippen LogP contribution in [0.2, 0.25) is 0 Å². The van der Waals surface area contributed by atoms with Gasteiger partial charge in [0.15, 0.2) is 0 Å². The molecule has 0 saturated carbocycles. The molecule has 2 radical (unpaired) electrons. The minimum Gasteiger partial charge on any atom is -1.00 e. The molecule has 0 atom stereocenters. The molecule has 0 aliphatic rings. The molecular weight excluding hydrogens is 250 g/mol. The number of halogens is 1. The van der Waals surface area contributed by atoms with Crippen molar-refractivity contribution < 1.29 is 64.1 Å². The molecule has 0 saturated heterocycles. The van der Waals surface area contributed by atoms with Crippen molar-refractivity contribution in [2.24, 2.45) is 0 Å². The summed E-state index contributed by atoms with van der Waals surface area (Å²) in [4.78, 5) is 0. The van der Waals surface area contributed by atoms with E-state index in [1.54, 1.807) is 0 Å². The molecule has 54 valence electrons. The molecule has 0 unspecified atom stereocenters. The zero-order valence-electron chi connectivity index (χ0n) is 3.10. The van der Waals surface area contributed by atoms with E-state index in [2.05, 4.69) is 0 Å². The number of hydrogen-bond acceptors (Lipinski definition) is 4. The summed E-state index contributed by atoms with van der Waals surface area (Å²) in [5.74, 6) is 0. The van der Waals surface area contributed by atoms with Crippen LogP contribution < -0.4 is 12.4 Å². The van der Waals surface area contributed by atoms with E-state index in [1.807, 2.05) is 0 Å². The smallest absolute Gasteiger partial charge is 1.00 e.